The minimum absolute atomic E-state index is 0.0224. The molecule has 1 saturated heterocycles. The van der Waals surface area contributed by atoms with E-state index in [9.17, 15) is 13.5 Å². The van der Waals surface area contributed by atoms with Gasteiger partial charge in [-0.1, -0.05) is 0 Å². The zero-order valence-corrected chi connectivity index (χ0v) is 11.8. The predicted molar refractivity (Wildman–Crippen MR) is 71.3 cm³/mol. The highest BCUT2D eigenvalue weighted by atomic mass is 32.2. The van der Waals surface area contributed by atoms with Gasteiger partial charge in [-0.3, -0.25) is 0 Å². The van der Waals surface area contributed by atoms with Gasteiger partial charge in [0, 0.05) is 11.5 Å². The van der Waals surface area contributed by atoms with Crippen molar-refractivity contribution in [3.63, 3.8) is 0 Å². The van der Waals surface area contributed by atoms with Gasteiger partial charge < -0.3 is 14.6 Å². The van der Waals surface area contributed by atoms with E-state index in [1.807, 2.05) is 0 Å². The van der Waals surface area contributed by atoms with Crippen molar-refractivity contribution in [3.05, 3.63) is 23.8 Å². The molecule has 2 atom stereocenters. The quantitative estimate of drug-likeness (QED) is 0.899. The Kier molecular flexibility index (Phi) is 4.01. The second-order valence-electron chi connectivity index (χ2n) is 4.72. The molecule has 2 rings (SSSR count). The van der Waals surface area contributed by atoms with E-state index in [1.54, 1.807) is 18.2 Å². The first-order chi connectivity index (χ1) is 8.96. The molecule has 1 fully saturated rings. The van der Waals surface area contributed by atoms with Gasteiger partial charge in [0.25, 0.3) is 0 Å². The lowest BCUT2D eigenvalue weighted by Crippen LogP contribution is -2.15. The summed E-state index contributed by atoms with van der Waals surface area (Å²) >= 11 is 0. The summed E-state index contributed by atoms with van der Waals surface area (Å²) in [6, 6.07) is 5.13. The Morgan fingerprint density at radius 2 is 2.05 bits per heavy atom. The van der Waals surface area contributed by atoms with E-state index in [4.69, 9.17) is 9.47 Å². The lowest BCUT2D eigenvalue weighted by molar-refractivity contribution is 0.117. The molecule has 0 bridgehead atoms. The summed E-state index contributed by atoms with van der Waals surface area (Å²) < 4.78 is 33.3. The Balaban J connectivity index is 2.30. The van der Waals surface area contributed by atoms with Gasteiger partial charge in [0.15, 0.2) is 9.84 Å². The molecule has 106 valence electrons. The molecule has 6 heteroatoms. The van der Waals surface area contributed by atoms with Crippen LogP contribution >= 0.6 is 0 Å². The predicted octanol–water partition coefficient (Wildman–Crippen LogP) is 1.17. The van der Waals surface area contributed by atoms with Crippen LogP contribution in [0.3, 0.4) is 0 Å². The van der Waals surface area contributed by atoms with E-state index in [-0.39, 0.29) is 17.4 Å². The van der Waals surface area contributed by atoms with Gasteiger partial charge in [0.1, 0.15) is 11.5 Å². The van der Waals surface area contributed by atoms with E-state index in [2.05, 4.69) is 0 Å². The second-order valence-corrected chi connectivity index (χ2v) is 6.94. The molecule has 0 aliphatic carbocycles. The summed E-state index contributed by atoms with van der Waals surface area (Å²) in [5.41, 5.74) is 0.573. The van der Waals surface area contributed by atoms with Crippen LogP contribution in [-0.4, -0.2) is 39.2 Å². The first-order valence-corrected chi connectivity index (χ1v) is 7.89. The number of hydrogen-bond acceptors (Lipinski definition) is 5. The maximum Gasteiger partial charge on any atom is 0.150 e. The smallest absolute Gasteiger partial charge is 0.150 e. The topological polar surface area (TPSA) is 72.8 Å². The first kappa shape index (κ1) is 14.1. The van der Waals surface area contributed by atoms with Crippen molar-refractivity contribution in [2.24, 2.45) is 5.92 Å². The van der Waals surface area contributed by atoms with Gasteiger partial charge >= 0.3 is 0 Å². The van der Waals surface area contributed by atoms with Crippen LogP contribution in [0.25, 0.3) is 0 Å². The normalized spacial score (nSPS) is 23.0. The van der Waals surface area contributed by atoms with Crippen LogP contribution < -0.4 is 9.47 Å². The molecule has 5 nitrogen and oxygen atoms in total. The van der Waals surface area contributed by atoms with Crippen molar-refractivity contribution < 1.29 is 23.0 Å². The average molecular weight is 286 g/mol. The zero-order valence-electron chi connectivity index (χ0n) is 11.0. The van der Waals surface area contributed by atoms with Crippen molar-refractivity contribution in [1.82, 2.24) is 0 Å². The minimum atomic E-state index is -3.02. The summed E-state index contributed by atoms with van der Waals surface area (Å²) in [5.74, 6) is 1.02. The number of aliphatic hydroxyl groups is 1. The minimum Gasteiger partial charge on any atom is -0.497 e. The maximum absolute atomic E-state index is 11.5. The van der Waals surface area contributed by atoms with Crippen LogP contribution in [0, 0.1) is 5.92 Å². The van der Waals surface area contributed by atoms with Crippen molar-refractivity contribution in [2.45, 2.75) is 12.5 Å². The van der Waals surface area contributed by atoms with Crippen molar-refractivity contribution in [2.75, 3.05) is 25.7 Å². The van der Waals surface area contributed by atoms with Gasteiger partial charge in [0.2, 0.25) is 0 Å². The third-order valence-corrected chi connectivity index (χ3v) is 5.26. The number of aliphatic hydroxyl groups excluding tert-OH is 1. The molecule has 2 unspecified atom stereocenters. The van der Waals surface area contributed by atoms with Gasteiger partial charge in [0.05, 0.1) is 31.8 Å². The fourth-order valence-corrected chi connectivity index (χ4v) is 4.23. The van der Waals surface area contributed by atoms with Crippen LogP contribution in [0.5, 0.6) is 11.5 Å². The number of rotatable bonds is 4. The highest BCUT2D eigenvalue weighted by Crippen LogP contribution is 2.37. The summed E-state index contributed by atoms with van der Waals surface area (Å²) in [5, 5.41) is 10.4. The summed E-state index contributed by atoms with van der Waals surface area (Å²) in [6.07, 6.45) is -0.383. The third-order valence-electron chi connectivity index (χ3n) is 3.47. The molecule has 0 radical (unpaired) electrons. The van der Waals surface area contributed by atoms with Crippen LogP contribution in [-0.2, 0) is 9.84 Å². The molecule has 0 aromatic heterocycles. The van der Waals surface area contributed by atoms with Crippen LogP contribution in [0.4, 0.5) is 0 Å². The number of methoxy groups -OCH3 is 2. The Morgan fingerprint density at radius 1 is 1.32 bits per heavy atom. The average Bonchev–Trinajstić information content (AvgIpc) is 2.77. The molecule has 1 aliphatic rings. The molecule has 0 saturated carbocycles. The van der Waals surface area contributed by atoms with Crippen LogP contribution in [0.1, 0.15) is 18.1 Å². The zero-order chi connectivity index (χ0) is 14.0. The van der Waals surface area contributed by atoms with E-state index < -0.39 is 15.9 Å². The Hall–Kier alpha value is -1.27. The molecule has 1 heterocycles. The molecule has 1 aromatic rings. The maximum atomic E-state index is 11.5. The standard InChI is InChI=1S/C13H18O5S/c1-17-10-3-4-12(18-2)11(7-10)13(14)9-5-6-19(15,16)8-9/h3-4,7,9,13-14H,5-6,8H2,1-2H3. The van der Waals surface area contributed by atoms with Gasteiger partial charge in [-0.2, -0.15) is 0 Å². The van der Waals surface area contributed by atoms with Crippen LogP contribution in [0.15, 0.2) is 18.2 Å². The summed E-state index contributed by atoms with van der Waals surface area (Å²) in [4.78, 5) is 0. The fourth-order valence-electron chi connectivity index (χ4n) is 2.40. The van der Waals surface area contributed by atoms with Crippen molar-refractivity contribution >= 4 is 9.84 Å². The molecule has 0 amide bonds. The first-order valence-electron chi connectivity index (χ1n) is 6.07. The molecule has 1 aliphatic heterocycles. The highest BCUT2D eigenvalue weighted by Gasteiger charge is 2.34. The Morgan fingerprint density at radius 3 is 2.58 bits per heavy atom. The summed E-state index contributed by atoms with van der Waals surface area (Å²) in [7, 11) is 0.0412. The Labute approximate surface area is 113 Å². The molecule has 0 spiro atoms. The second kappa shape index (κ2) is 5.38. The summed E-state index contributed by atoms with van der Waals surface area (Å²) in [6.45, 7) is 0. The Bertz CT molecular complexity index is 552. The van der Waals surface area contributed by atoms with Crippen LogP contribution in [0.2, 0.25) is 0 Å². The van der Waals surface area contributed by atoms with Gasteiger partial charge in [-0.15, -0.1) is 0 Å². The highest BCUT2D eigenvalue weighted by molar-refractivity contribution is 7.91. The van der Waals surface area contributed by atoms with E-state index >= 15 is 0 Å². The van der Waals surface area contributed by atoms with E-state index in [1.165, 1.54) is 14.2 Å². The number of ether oxygens (including phenoxy) is 2. The lowest BCUT2D eigenvalue weighted by Gasteiger charge is -2.20. The van der Waals surface area contributed by atoms with Gasteiger partial charge in [-0.25, -0.2) is 8.42 Å². The molecule has 19 heavy (non-hydrogen) atoms. The number of sulfone groups is 1. The van der Waals surface area contributed by atoms with E-state index in [0.717, 1.165) is 0 Å². The SMILES string of the molecule is COc1ccc(OC)c(C(O)C2CCS(=O)(=O)C2)c1. The lowest BCUT2D eigenvalue weighted by atomic mass is 9.94. The van der Waals surface area contributed by atoms with Crippen molar-refractivity contribution in [3.8, 4) is 11.5 Å². The fraction of sp³-hybridized carbons (Fsp3) is 0.538. The van der Waals surface area contributed by atoms with E-state index in [0.29, 0.717) is 23.5 Å². The van der Waals surface area contributed by atoms with Crippen molar-refractivity contribution in [1.29, 1.82) is 0 Å². The molecular weight excluding hydrogens is 268 g/mol. The monoisotopic (exact) mass is 286 g/mol. The largest absolute Gasteiger partial charge is 0.497 e. The van der Waals surface area contributed by atoms with Gasteiger partial charge in [-0.05, 0) is 24.6 Å². The molecular formula is C13H18O5S. The number of hydrogen-bond donors (Lipinski definition) is 1. The molecule has 1 aromatic carbocycles. The third kappa shape index (κ3) is 3.01. The molecule has 1 N–H and O–H groups in total. The number of benzene rings is 1.